The second kappa shape index (κ2) is 6.59. The largest absolute Gasteiger partial charge is 0.342 e. The highest BCUT2D eigenvalue weighted by molar-refractivity contribution is 5.79. The van der Waals surface area contributed by atoms with Gasteiger partial charge in [-0.2, -0.15) is 0 Å². The number of carbonyl (C=O) groups is 2. The summed E-state index contributed by atoms with van der Waals surface area (Å²) in [6, 6.07) is 0. The molecule has 1 rings (SSSR count). The number of nitrogens with one attached hydrogen (secondary N) is 1. The van der Waals surface area contributed by atoms with Gasteiger partial charge in [0.1, 0.15) is 0 Å². The van der Waals surface area contributed by atoms with Crippen molar-refractivity contribution >= 4 is 11.8 Å². The molecule has 0 aromatic heterocycles. The quantitative estimate of drug-likeness (QED) is 0.747. The van der Waals surface area contributed by atoms with Crippen molar-refractivity contribution in [2.75, 3.05) is 19.7 Å². The number of likely N-dealkylation sites (tertiary alicyclic amines) is 1. The Hall–Kier alpha value is -1.10. The number of hydrogen-bond donors (Lipinski definition) is 1. The van der Waals surface area contributed by atoms with Gasteiger partial charge < -0.3 is 4.90 Å². The van der Waals surface area contributed by atoms with Gasteiger partial charge in [-0.25, -0.2) is 5.48 Å². The highest BCUT2D eigenvalue weighted by Gasteiger charge is 2.27. The normalized spacial score (nSPS) is 20.5. The van der Waals surface area contributed by atoms with Gasteiger partial charge in [-0.3, -0.25) is 14.4 Å². The predicted molar refractivity (Wildman–Crippen MR) is 63.9 cm³/mol. The van der Waals surface area contributed by atoms with Gasteiger partial charge in [0.15, 0.2) is 0 Å². The Kier molecular flexibility index (Phi) is 5.41. The molecule has 17 heavy (non-hydrogen) atoms. The first kappa shape index (κ1) is 14.0. The number of hydroxylamine groups is 1. The van der Waals surface area contributed by atoms with Crippen LogP contribution in [-0.2, 0) is 14.4 Å². The lowest BCUT2D eigenvalue weighted by Gasteiger charge is -2.31. The Morgan fingerprint density at radius 3 is 2.76 bits per heavy atom. The van der Waals surface area contributed by atoms with Crippen molar-refractivity contribution in [3.05, 3.63) is 0 Å². The van der Waals surface area contributed by atoms with Gasteiger partial charge in [0.05, 0.1) is 12.5 Å². The summed E-state index contributed by atoms with van der Waals surface area (Å²) in [6.07, 6.45) is 1.70. The first-order valence-corrected chi connectivity index (χ1v) is 6.18. The SMILES string of the molecule is CC(=O)N1CCCC(C(=O)NOCC(C)C)C1. The minimum atomic E-state index is -0.139. The maximum absolute atomic E-state index is 11.8. The molecule has 1 aliphatic heterocycles. The van der Waals surface area contributed by atoms with E-state index in [0.717, 1.165) is 19.4 Å². The maximum Gasteiger partial charge on any atom is 0.248 e. The summed E-state index contributed by atoms with van der Waals surface area (Å²) in [7, 11) is 0. The zero-order valence-electron chi connectivity index (χ0n) is 10.9. The molecule has 0 spiro atoms. The van der Waals surface area contributed by atoms with Crippen LogP contribution in [0.2, 0.25) is 0 Å². The van der Waals surface area contributed by atoms with E-state index in [1.165, 1.54) is 6.92 Å². The summed E-state index contributed by atoms with van der Waals surface area (Å²) < 4.78 is 0. The van der Waals surface area contributed by atoms with E-state index in [4.69, 9.17) is 4.84 Å². The summed E-state index contributed by atoms with van der Waals surface area (Å²) in [5, 5.41) is 0. The first-order valence-electron chi connectivity index (χ1n) is 6.18. The third-order valence-electron chi connectivity index (χ3n) is 2.83. The van der Waals surface area contributed by atoms with Gasteiger partial charge in [-0.05, 0) is 18.8 Å². The second-order valence-corrected chi connectivity index (χ2v) is 4.98. The molecule has 5 nitrogen and oxygen atoms in total. The number of rotatable bonds is 4. The average molecular weight is 242 g/mol. The molecule has 1 fully saturated rings. The zero-order chi connectivity index (χ0) is 12.8. The number of carbonyl (C=O) groups excluding carboxylic acids is 2. The third-order valence-corrected chi connectivity index (χ3v) is 2.83. The van der Waals surface area contributed by atoms with E-state index in [0.29, 0.717) is 19.1 Å². The van der Waals surface area contributed by atoms with Crippen LogP contribution in [0.25, 0.3) is 0 Å². The highest BCUT2D eigenvalue weighted by Crippen LogP contribution is 2.16. The molecule has 5 heteroatoms. The lowest BCUT2D eigenvalue weighted by atomic mass is 9.97. The van der Waals surface area contributed by atoms with E-state index in [2.05, 4.69) is 5.48 Å². The van der Waals surface area contributed by atoms with Crippen LogP contribution >= 0.6 is 0 Å². The standard InChI is InChI=1S/C12H22N2O3/c1-9(2)8-17-13-12(16)11-5-4-6-14(7-11)10(3)15/h9,11H,4-8H2,1-3H3,(H,13,16). The Morgan fingerprint density at radius 1 is 1.47 bits per heavy atom. The van der Waals surface area contributed by atoms with Gasteiger partial charge in [-0.1, -0.05) is 13.8 Å². The fourth-order valence-corrected chi connectivity index (χ4v) is 1.84. The fraction of sp³-hybridized carbons (Fsp3) is 0.833. The van der Waals surface area contributed by atoms with Crippen LogP contribution < -0.4 is 5.48 Å². The van der Waals surface area contributed by atoms with Crippen LogP contribution in [0, 0.1) is 11.8 Å². The van der Waals surface area contributed by atoms with E-state index >= 15 is 0 Å². The van der Waals surface area contributed by atoms with E-state index in [1.807, 2.05) is 13.8 Å². The molecule has 1 atom stereocenters. The van der Waals surface area contributed by atoms with Crippen LogP contribution in [0.4, 0.5) is 0 Å². The number of hydrogen-bond acceptors (Lipinski definition) is 3. The Balaban J connectivity index is 2.33. The van der Waals surface area contributed by atoms with Gasteiger partial charge >= 0.3 is 0 Å². The zero-order valence-corrected chi connectivity index (χ0v) is 10.9. The Morgan fingerprint density at radius 2 is 2.18 bits per heavy atom. The molecule has 1 heterocycles. The lowest BCUT2D eigenvalue weighted by molar-refractivity contribution is -0.142. The molecule has 2 amide bonds. The van der Waals surface area contributed by atoms with Gasteiger partial charge in [0.25, 0.3) is 0 Å². The van der Waals surface area contributed by atoms with Crippen molar-refractivity contribution < 1.29 is 14.4 Å². The lowest BCUT2D eigenvalue weighted by Crippen LogP contribution is -2.44. The smallest absolute Gasteiger partial charge is 0.248 e. The molecule has 1 aliphatic rings. The predicted octanol–water partition coefficient (Wildman–Crippen LogP) is 0.949. The molecular weight excluding hydrogens is 220 g/mol. The van der Waals surface area contributed by atoms with Crippen molar-refractivity contribution in [3.63, 3.8) is 0 Å². The van der Waals surface area contributed by atoms with Crippen molar-refractivity contribution in [1.29, 1.82) is 0 Å². The maximum atomic E-state index is 11.8. The molecule has 0 radical (unpaired) electrons. The van der Waals surface area contributed by atoms with E-state index < -0.39 is 0 Å². The van der Waals surface area contributed by atoms with Gasteiger partial charge in [-0.15, -0.1) is 0 Å². The average Bonchev–Trinajstić information content (AvgIpc) is 2.28. The summed E-state index contributed by atoms with van der Waals surface area (Å²) in [4.78, 5) is 29.8. The number of piperidine rings is 1. The van der Waals surface area contributed by atoms with Crippen LogP contribution in [0.3, 0.4) is 0 Å². The third kappa shape index (κ3) is 4.73. The van der Waals surface area contributed by atoms with Gasteiger partial charge in [0, 0.05) is 20.0 Å². The molecule has 1 saturated heterocycles. The molecule has 98 valence electrons. The fourth-order valence-electron chi connectivity index (χ4n) is 1.84. The van der Waals surface area contributed by atoms with Crippen LogP contribution in [-0.4, -0.2) is 36.4 Å². The molecule has 1 N–H and O–H groups in total. The molecule has 0 saturated carbocycles. The molecule has 0 aliphatic carbocycles. The van der Waals surface area contributed by atoms with Crippen molar-refractivity contribution in [1.82, 2.24) is 10.4 Å². The molecule has 0 aromatic rings. The summed E-state index contributed by atoms with van der Waals surface area (Å²) in [5.74, 6) is 0.164. The van der Waals surface area contributed by atoms with Crippen LogP contribution in [0.5, 0.6) is 0 Å². The Bertz CT molecular complexity index is 279. The minimum absolute atomic E-state index is 0.0330. The molecule has 0 bridgehead atoms. The minimum Gasteiger partial charge on any atom is -0.342 e. The summed E-state index contributed by atoms with van der Waals surface area (Å²) in [5.41, 5.74) is 2.47. The molecular formula is C12H22N2O3. The Labute approximate surface area is 102 Å². The first-order chi connectivity index (χ1) is 8.00. The van der Waals surface area contributed by atoms with Crippen molar-refractivity contribution in [2.24, 2.45) is 11.8 Å². The van der Waals surface area contributed by atoms with Crippen LogP contribution in [0.15, 0.2) is 0 Å². The monoisotopic (exact) mass is 242 g/mol. The summed E-state index contributed by atoms with van der Waals surface area (Å²) in [6.45, 7) is 7.34. The van der Waals surface area contributed by atoms with Crippen LogP contribution in [0.1, 0.15) is 33.6 Å². The van der Waals surface area contributed by atoms with E-state index in [-0.39, 0.29) is 17.7 Å². The topological polar surface area (TPSA) is 58.6 Å². The van der Waals surface area contributed by atoms with E-state index in [1.54, 1.807) is 4.90 Å². The second-order valence-electron chi connectivity index (χ2n) is 4.98. The highest BCUT2D eigenvalue weighted by atomic mass is 16.6. The number of amides is 2. The number of nitrogens with zero attached hydrogens (tertiary/aromatic N) is 1. The van der Waals surface area contributed by atoms with Crippen molar-refractivity contribution in [3.8, 4) is 0 Å². The van der Waals surface area contributed by atoms with Gasteiger partial charge in [0.2, 0.25) is 11.8 Å². The van der Waals surface area contributed by atoms with Crippen molar-refractivity contribution in [2.45, 2.75) is 33.6 Å². The van der Waals surface area contributed by atoms with E-state index in [9.17, 15) is 9.59 Å². The summed E-state index contributed by atoms with van der Waals surface area (Å²) >= 11 is 0. The molecule has 0 aromatic carbocycles. The molecule has 1 unspecified atom stereocenters.